The predicted molar refractivity (Wildman–Crippen MR) is 75.7 cm³/mol. The number of methoxy groups -OCH3 is 1. The topological polar surface area (TPSA) is 58.2 Å². The quantitative estimate of drug-likeness (QED) is 0.923. The molecule has 4 nitrogen and oxygen atoms in total. The number of nitriles is 1. The predicted octanol–water partition coefficient (Wildman–Crippen LogP) is 3.65. The van der Waals surface area contributed by atoms with Crippen molar-refractivity contribution in [3.8, 4) is 11.8 Å². The molecule has 0 radical (unpaired) electrons. The maximum Gasteiger partial charge on any atom is 0.143 e. The number of fused-ring (bicyclic) bond motifs is 1. The highest BCUT2D eigenvalue weighted by Crippen LogP contribution is 2.37. The minimum absolute atomic E-state index is 0.167. The Morgan fingerprint density at radius 1 is 1.40 bits per heavy atom. The molecule has 0 aliphatic heterocycles. The number of para-hydroxylation sites is 1. The van der Waals surface area contributed by atoms with E-state index >= 15 is 0 Å². The lowest BCUT2D eigenvalue weighted by Gasteiger charge is -2.25. The summed E-state index contributed by atoms with van der Waals surface area (Å²) in [5, 5.41) is 12.7. The normalized spacial score (nSPS) is 17.1. The molecule has 0 bridgehead atoms. The summed E-state index contributed by atoms with van der Waals surface area (Å²) in [6.07, 6.45) is 4.82. The average molecular weight is 268 g/mol. The van der Waals surface area contributed by atoms with Gasteiger partial charge in [0.05, 0.1) is 30.7 Å². The van der Waals surface area contributed by atoms with Gasteiger partial charge in [-0.3, -0.25) is 0 Å². The maximum absolute atomic E-state index is 9.26. The molecule has 2 aromatic rings. The third-order valence-corrected chi connectivity index (χ3v) is 3.74. The van der Waals surface area contributed by atoms with E-state index in [0.29, 0.717) is 11.3 Å². The Balaban J connectivity index is 1.96. The summed E-state index contributed by atoms with van der Waals surface area (Å²) in [6.45, 7) is 0. The van der Waals surface area contributed by atoms with Gasteiger partial charge in [-0.15, -0.1) is 0 Å². The molecular formula is C16H16N2O2. The molecule has 102 valence electrons. The van der Waals surface area contributed by atoms with Crippen LogP contribution in [0.2, 0.25) is 0 Å². The minimum atomic E-state index is 0.167. The van der Waals surface area contributed by atoms with E-state index in [2.05, 4.69) is 11.4 Å². The zero-order chi connectivity index (χ0) is 13.9. The van der Waals surface area contributed by atoms with Gasteiger partial charge in [0, 0.05) is 12.0 Å². The van der Waals surface area contributed by atoms with Crippen LogP contribution in [0.3, 0.4) is 0 Å². The molecule has 1 heterocycles. The van der Waals surface area contributed by atoms with Crippen molar-refractivity contribution in [1.82, 2.24) is 0 Å². The van der Waals surface area contributed by atoms with E-state index in [4.69, 9.17) is 9.15 Å². The summed E-state index contributed by atoms with van der Waals surface area (Å²) in [4.78, 5) is 0. The molecule has 1 aromatic carbocycles. The van der Waals surface area contributed by atoms with Crippen LogP contribution in [-0.2, 0) is 6.42 Å². The Kier molecular flexibility index (Phi) is 3.34. The molecule has 1 atom stereocenters. The second-order valence-corrected chi connectivity index (χ2v) is 4.88. The summed E-state index contributed by atoms with van der Waals surface area (Å²) in [6, 6.07) is 9.87. The van der Waals surface area contributed by atoms with Gasteiger partial charge >= 0.3 is 0 Å². The van der Waals surface area contributed by atoms with Gasteiger partial charge in [-0.05, 0) is 31.0 Å². The lowest BCUT2D eigenvalue weighted by Crippen LogP contribution is -2.17. The number of anilines is 1. The van der Waals surface area contributed by atoms with Crippen molar-refractivity contribution in [2.75, 3.05) is 12.4 Å². The van der Waals surface area contributed by atoms with Gasteiger partial charge in [0.1, 0.15) is 17.6 Å². The number of furan rings is 1. The summed E-state index contributed by atoms with van der Waals surface area (Å²) >= 11 is 0. The first-order valence-corrected chi connectivity index (χ1v) is 6.73. The van der Waals surface area contributed by atoms with E-state index < -0.39 is 0 Å². The molecule has 1 aromatic heterocycles. The molecule has 0 saturated carbocycles. The van der Waals surface area contributed by atoms with Crippen LogP contribution in [0.15, 0.2) is 34.9 Å². The number of hydrogen-bond donors (Lipinski definition) is 1. The fourth-order valence-corrected chi connectivity index (χ4v) is 2.75. The van der Waals surface area contributed by atoms with Crippen LogP contribution in [-0.4, -0.2) is 7.11 Å². The Bertz CT molecular complexity index is 655. The van der Waals surface area contributed by atoms with Crippen molar-refractivity contribution in [1.29, 1.82) is 5.26 Å². The summed E-state index contributed by atoms with van der Waals surface area (Å²) in [5.41, 5.74) is 2.54. The Hall–Kier alpha value is -2.41. The van der Waals surface area contributed by atoms with E-state index in [0.717, 1.165) is 30.7 Å². The Labute approximate surface area is 118 Å². The fourth-order valence-electron chi connectivity index (χ4n) is 2.75. The number of nitrogens with zero attached hydrogens (tertiary/aromatic N) is 1. The van der Waals surface area contributed by atoms with E-state index in [1.807, 2.05) is 18.2 Å². The van der Waals surface area contributed by atoms with Crippen LogP contribution >= 0.6 is 0 Å². The van der Waals surface area contributed by atoms with Gasteiger partial charge in [-0.1, -0.05) is 6.07 Å². The molecule has 3 rings (SSSR count). The van der Waals surface area contributed by atoms with E-state index in [1.165, 1.54) is 5.56 Å². The SMILES string of the molecule is COc1cccc(C#N)c1NC1CCCc2occc21. The average Bonchev–Trinajstić information content (AvgIpc) is 2.97. The molecule has 0 fully saturated rings. The van der Waals surface area contributed by atoms with Crippen LogP contribution in [0.25, 0.3) is 0 Å². The number of benzene rings is 1. The molecule has 1 unspecified atom stereocenters. The van der Waals surface area contributed by atoms with Crippen LogP contribution < -0.4 is 10.1 Å². The monoisotopic (exact) mass is 268 g/mol. The van der Waals surface area contributed by atoms with Crippen LogP contribution in [0.1, 0.15) is 35.8 Å². The molecule has 4 heteroatoms. The first kappa shape index (κ1) is 12.6. The highest BCUT2D eigenvalue weighted by Gasteiger charge is 2.24. The van der Waals surface area contributed by atoms with E-state index in [1.54, 1.807) is 19.4 Å². The zero-order valence-electron chi connectivity index (χ0n) is 11.3. The van der Waals surface area contributed by atoms with Crippen LogP contribution in [0.4, 0.5) is 5.69 Å². The Morgan fingerprint density at radius 3 is 3.10 bits per heavy atom. The van der Waals surface area contributed by atoms with Crippen molar-refractivity contribution < 1.29 is 9.15 Å². The highest BCUT2D eigenvalue weighted by atomic mass is 16.5. The summed E-state index contributed by atoms with van der Waals surface area (Å²) in [5.74, 6) is 1.74. The van der Waals surface area contributed by atoms with Crippen molar-refractivity contribution in [2.45, 2.75) is 25.3 Å². The molecule has 20 heavy (non-hydrogen) atoms. The molecule has 1 aliphatic rings. The minimum Gasteiger partial charge on any atom is -0.495 e. The molecular weight excluding hydrogens is 252 g/mol. The first-order valence-electron chi connectivity index (χ1n) is 6.73. The molecule has 0 spiro atoms. The maximum atomic E-state index is 9.26. The smallest absolute Gasteiger partial charge is 0.143 e. The van der Waals surface area contributed by atoms with E-state index in [9.17, 15) is 5.26 Å². The van der Waals surface area contributed by atoms with Gasteiger partial charge in [0.25, 0.3) is 0 Å². The third kappa shape index (κ3) is 2.12. The second kappa shape index (κ2) is 5.30. The molecule has 1 N–H and O–H groups in total. The van der Waals surface area contributed by atoms with Crippen molar-refractivity contribution >= 4 is 5.69 Å². The van der Waals surface area contributed by atoms with Crippen molar-refractivity contribution in [3.63, 3.8) is 0 Å². The summed E-state index contributed by atoms with van der Waals surface area (Å²) in [7, 11) is 1.62. The zero-order valence-corrected chi connectivity index (χ0v) is 11.3. The van der Waals surface area contributed by atoms with Gasteiger partial charge in [-0.25, -0.2) is 0 Å². The van der Waals surface area contributed by atoms with Gasteiger partial charge in [0.15, 0.2) is 0 Å². The van der Waals surface area contributed by atoms with Gasteiger partial charge in [-0.2, -0.15) is 5.26 Å². The van der Waals surface area contributed by atoms with Crippen molar-refractivity contribution in [3.05, 3.63) is 47.4 Å². The molecule has 1 aliphatic carbocycles. The Morgan fingerprint density at radius 2 is 2.30 bits per heavy atom. The lowest BCUT2D eigenvalue weighted by atomic mass is 9.93. The number of ether oxygens (including phenoxy) is 1. The first-order chi connectivity index (χ1) is 9.83. The third-order valence-electron chi connectivity index (χ3n) is 3.74. The van der Waals surface area contributed by atoms with Gasteiger partial charge in [0.2, 0.25) is 0 Å². The molecule has 0 amide bonds. The fraction of sp³-hybridized carbons (Fsp3) is 0.312. The molecule has 0 saturated heterocycles. The number of aryl methyl sites for hydroxylation is 1. The van der Waals surface area contributed by atoms with Crippen LogP contribution in [0, 0.1) is 11.3 Å². The van der Waals surface area contributed by atoms with Crippen LogP contribution in [0.5, 0.6) is 5.75 Å². The summed E-state index contributed by atoms with van der Waals surface area (Å²) < 4.78 is 10.9. The second-order valence-electron chi connectivity index (χ2n) is 4.88. The lowest BCUT2D eigenvalue weighted by molar-refractivity contribution is 0.414. The number of hydrogen-bond acceptors (Lipinski definition) is 4. The number of nitrogens with one attached hydrogen (secondary N) is 1. The van der Waals surface area contributed by atoms with Crippen molar-refractivity contribution in [2.24, 2.45) is 0 Å². The van der Waals surface area contributed by atoms with E-state index in [-0.39, 0.29) is 6.04 Å². The van der Waals surface area contributed by atoms with Gasteiger partial charge < -0.3 is 14.5 Å². The number of rotatable bonds is 3. The standard InChI is InChI=1S/C16H16N2O2/c1-19-15-7-2-4-11(10-17)16(15)18-13-5-3-6-14-12(13)8-9-20-14/h2,4,7-9,13,18H,3,5-6H2,1H3. The highest BCUT2D eigenvalue weighted by molar-refractivity contribution is 5.67. The largest absolute Gasteiger partial charge is 0.495 e.